The van der Waals surface area contributed by atoms with Gasteiger partial charge >= 0.3 is 5.97 Å². The molecule has 3 rings (SSSR count). The fraction of sp³-hybridized carbons (Fsp3) is 0.450. The zero-order chi connectivity index (χ0) is 22.4. The smallest absolute Gasteiger partial charge is 0.339 e. The van der Waals surface area contributed by atoms with Crippen LogP contribution in [-0.4, -0.2) is 69.0 Å². The van der Waals surface area contributed by atoms with Crippen LogP contribution >= 0.6 is 11.3 Å². The lowest BCUT2D eigenvalue weighted by molar-refractivity contribution is -0.132. The second-order valence-electron chi connectivity index (χ2n) is 7.07. The second-order valence-corrected chi connectivity index (χ2v) is 9.96. The number of esters is 1. The maximum atomic E-state index is 12.8. The average molecular weight is 467 g/mol. The minimum atomic E-state index is -3.72. The average Bonchev–Trinajstić information content (AvgIpc) is 3.20. The summed E-state index contributed by atoms with van der Waals surface area (Å²) in [6.45, 7) is 5.85. The van der Waals surface area contributed by atoms with Gasteiger partial charge in [-0.1, -0.05) is 6.07 Å². The van der Waals surface area contributed by atoms with E-state index in [4.69, 9.17) is 4.74 Å². The van der Waals surface area contributed by atoms with Gasteiger partial charge in [-0.15, -0.1) is 11.3 Å². The molecular weight excluding hydrogens is 440 g/mol. The third-order valence-electron chi connectivity index (χ3n) is 4.85. The summed E-state index contributed by atoms with van der Waals surface area (Å²) in [6.07, 6.45) is 2.21. The van der Waals surface area contributed by atoms with Crippen molar-refractivity contribution in [3.63, 3.8) is 0 Å². The number of aromatic nitrogens is 1. The Labute approximate surface area is 186 Å². The second kappa shape index (κ2) is 10.2. The van der Waals surface area contributed by atoms with E-state index < -0.39 is 22.0 Å². The molecule has 0 radical (unpaired) electrons. The lowest BCUT2D eigenvalue weighted by atomic mass is 10.2. The van der Waals surface area contributed by atoms with Gasteiger partial charge in [0.15, 0.2) is 0 Å². The number of ether oxygens (including phenoxy) is 1. The van der Waals surface area contributed by atoms with Crippen molar-refractivity contribution in [1.29, 1.82) is 0 Å². The van der Waals surface area contributed by atoms with Gasteiger partial charge in [0.1, 0.15) is 10.0 Å². The minimum absolute atomic E-state index is 0.187. The fourth-order valence-corrected chi connectivity index (χ4v) is 5.51. The van der Waals surface area contributed by atoms with Crippen LogP contribution in [-0.2, 0) is 19.6 Å². The molecule has 1 atom stereocenters. The van der Waals surface area contributed by atoms with Crippen molar-refractivity contribution in [1.82, 2.24) is 14.6 Å². The molecule has 168 valence electrons. The van der Waals surface area contributed by atoms with Gasteiger partial charge in [0.25, 0.3) is 10.0 Å². The van der Waals surface area contributed by atoms with Gasteiger partial charge in [-0.05, 0) is 43.8 Å². The summed E-state index contributed by atoms with van der Waals surface area (Å²) in [7, 11) is -3.72. The third kappa shape index (κ3) is 5.81. The highest BCUT2D eigenvalue weighted by molar-refractivity contribution is 7.91. The highest BCUT2D eigenvalue weighted by Crippen LogP contribution is 2.18. The molecule has 1 amide bonds. The van der Waals surface area contributed by atoms with E-state index in [1.807, 2.05) is 4.90 Å². The number of anilines is 1. The molecule has 1 fully saturated rings. The van der Waals surface area contributed by atoms with Crippen LogP contribution in [0.2, 0.25) is 0 Å². The third-order valence-corrected chi connectivity index (χ3v) is 7.79. The number of pyridine rings is 1. The Balaban J connectivity index is 1.59. The van der Waals surface area contributed by atoms with Crippen molar-refractivity contribution in [2.24, 2.45) is 0 Å². The van der Waals surface area contributed by atoms with E-state index in [0.717, 1.165) is 17.8 Å². The van der Waals surface area contributed by atoms with Gasteiger partial charge in [0.05, 0.1) is 18.2 Å². The summed E-state index contributed by atoms with van der Waals surface area (Å²) < 4.78 is 32.4. The summed E-state index contributed by atoms with van der Waals surface area (Å²) in [6, 6.07) is 5.74. The van der Waals surface area contributed by atoms with Gasteiger partial charge in [-0.3, -0.25) is 4.79 Å². The Morgan fingerprint density at radius 1 is 1.23 bits per heavy atom. The zero-order valence-electron chi connectivity index (χ0n) is 17.5. The molecule has 0 aliphatic carbocycles. The van der Waals surface area contributed by atoms with Crippen molar-refractivity contribution in [3.8, 4) is 0 Å². The quantitative estimate of drug-likeness (QED) is 0.619. The predicted molar refractivity (Wildman–Crippen MR) is 118 cm³/mol. The monoisotopic (exact) mass is 466 g/mol. The van der Waals surface area contributed by atoms with Gasteiger partial charge in [-0.25, -0.2) is 18.2 Å². The van der Waals surface area contributed by atoms with Crippen molar-refractivity contribution >= 4 is 39.1 Å². The Morgan fingerprint density at radius 3 is 2.68 bits per heavy atom. The highest BCUT2D eigenvalue weighted by Gasteiger charge is 2.28. The Bertz CT molecular complexity index is 993. The number of nitrogens with one attached hydrogen (secondary N) is 1. The van der Waals surface area contributed by atoms with Crippen molar-refractivity contribution in [2.75, 3.05) is 37.7 Å². The van der Waals surface area contributed by atoms with Gasteiger partial charge in [0.2, 0.25) is 5.91 Å². The molecule has 9 nitrogen and oxygen atoms in total. The maximum Gasteiger partial charge on any atom is 0.339 e. The van der Waals surface area contributed by atoms with E-state index >= 15 is 0 Å². The molecule has 11 heteroatoms. The van der Waals surface area contributed by atoms with Crippen LogP contribution in [0.3, 0.4) is 0 Å². The first kappa shape index (κ1) is 23.2. The molecule has 0 bridgehead atoms. The van der Waals surface area contributed by atoms with Gasteiger partial charge < -0.3 is 14.5 Å². The zero-order valence-corrected chi connectivity index (χ0v) is 19.1. The number of rotatable bonds is 7. The number of sulfonamides is 1. The van der Waals surface area contributed by atoms with E-state index in [9.17, 15) is 18.0 Å². The summed E-state index contributed by atoms with van der Waals surface area (Å²) in [5.41, 5.74) is 0.393. The molecule has 3 heterocycles. The summed E-state index contributed by atoms with van der Waals surface area (Å²) in [5.74, 6) is 0.0505. The molecule has 0 aromatic carbocycles. The number of amides is 1. The SMILES string of the molecule is CCOC(=O)c1ccc(N2CCCN(C(=O)C(C)NS(=O)(=O)c3cccs3)CC2)nc1. The fourth-order valence-electron chi connectivity index (χ4n) is 3.31. The molecule has 2 aromatic rings. The van der Waals surface area contributed by atoms with Crippen LogP contribution < -0.4 is 9.62 Å². The van der Waals surface area contributed by atoms with Crippen molar-refractivity contribution < 1.29 is 22.7 Å². The molecule has 1 unspecified atom stereocenters. The van der Waals surface area contributed by atoms with E-state index in [1.54, 1.807) is 42.3 Å². The largest absolute Gasteiger partial charge is 0.462 e. The van der Waals surface area contributed by atoms with Crippen LogP contribution in [0.4, 0.5) is 5.82 Å². The van der Waals surface area contributed by atoms with Gasteiger partial charge in [-0.2, -0.15) is 4.72 Å². The lowest BCUT2D eigenvalue weighted by Crippen LogP contribution is -2.47. The topological polar surface area (TPSA) is 109 Å². The normalized spacial score (nSPS) is 15.9. The number of hydrogen-bond donors (Lipinski definition) is 1. The van der Waals surface area contributed by atoms with E-state index in [2.05, 4.69) is 9.71 Å². The van der Waals surface area contributed by atoms with E-state index in [-0.39, 0.29) is 10.1 Å². The Kier molecular flexibility index (Phi) is 7.63. The van der Waals surface area contributed by atoms with Crippen molar-refractivity contribution in [3.05, 3.63) is 41.4 Å². The van der Waals surface area contributed by atoms with E-state index in [1.165, 1.54) is 12.3 Å². The van der Waals surface area contributed by atoms with Crippen LogP contribution in [0, 0.1) is 0 Å². The molecule has 1 N–H and O–H groups in total. The summed E-state index contributed by atoms with van der Waals surface area (Å²) in [5, 5.41) is 1.68. The minimum Gasteiger partial charge on any atom is -0.462 e. The molecule has 1 saturated heterocycles. The highest BCUT2D eigenvalue weighted by atomic mass is 32.2. The first-order chi connectivity index (χ1) is 14.8. The first-order valence-corrected chi connectivity index (χ1v) is 12.4. The molecule has 0 saturated carbocycles. The standard InChI is InChI=1S/C20H26N4O5S2/c1-3-29-20(26)16-7-8-17(21-14-16)23-9-5-10-24(12-11-23)19(25)15(2)22-31(27,28)18-6-4-13-30-18/h4,6-8,13-15,22H,3,5,9-12H2,1-2H3. The van der Waals surface area contributed by atoms with Crippen LogP contribution in [0.25, 0.3) is 0 Å². The summed E-state index contributed by atoms with van der Waals surface area (Å²) >= 11 is 1.11. The lowest BCUT2D eigenvalue weighted by Gasteiger charge is -2.25. The van der Waals surface area contributed by atoms with Gasteiger partial charge in [0, 0.05) is 32.4 Å². The summed E-state index contributed by atoms with van der Waals surface area (Å²) in [4.78, 5) is 32.7. The van der Waals surface area contributed by atoms with Crippen LogP contribution in [0.15, 0.2) is 40.1 Å². The van der Waals surface area contributed by atoms with Crippen molar-refractivity contribution in [2.45, 2.75) is 30.5 Å². The molecule has 2 aromatic heterocycles. The number of carbonyl (C=O) groups excluding carboxylic acids is 2. The number of hydrogen-bond acceptors (Lipinski definition) is 8. The predicted octanol–water partition coefficient (Wildman–Crippen LogP) is 1.73. The molecule has 1 aliphatic rings. The molecule has 1 aliphatic heterocycles. The number of nitrogens with zero attached hydrogens (tertiary/aromatic N) is 3. The molecule has 0 spiro atoms. The van der Waals surface area contributed by atoms with E-state index in [0.29, 0.717) is 44.2 Å². The molecule has 31 heavy (non-hydrogen) atoms. The van der Waals surface area contributed by atoms with Crippen LogP contribution in [0.1, 0.15) is 30.6 Å². The number of carbonyl (C=O) groups is 2. The maximum absolute atomic E-state index is 12.8. The first-order valence-electron chi connectivity index (χ1n) is 10.0. The van der Waals surface area contributed by atoms with Crippen LogP contribution in [0.5, 0.6) is 0 Å². The Morgan fingerprint density at radius 2 is 2.03 bits per heavy atom. The molecular formula is C20H26N4O5S2. The number of thiophene rings is 1. The Hall–Kier alpha value is -2.50.